The van der Waals surface area contributed by atoms with Crippen molar-refractivity contribution >= 4 is 5.91 Å². The summed E-state index contributed by atoms with van der Waals surface area (Å²) in [7, 11) is 0. The molecular formula is C25H28N6O2. The smallest absolute Gasteiger partial charge is 0.291 e. The Morgan fingerprint density at radius 1 is 1.03 bits per heavy atom. The van der Waals surface area contributed by atoms with Gasteiger partial charge in [-0.05, 0) is 34.0 Å². The first-order valence-corrected chi connectivity index (χ1v) is 11.1. The summed E-state index contributed by atoms with van der Waals surface area (Å²) < 4.78 is 4.60. The highest BCUT2D eigenvalue weighted by molar-refractivity contribution is 5.78. The zero-order valence-corrected chi connectivity index (χ0v) is 19.4. The standard InChI is InChI=1S/C25H28N6O2/c1-5-8-23(32)30-16-22(25(2,3)4)29(24(30)33)15-18-11-13-19(14-12-18)20-9-6-7-10-21(20)31-17-26-27-28-31/h6-7,9-14,16-17H,5,8,15H2,1-4H3. The Balaban J connectivity index is 1.68. The predicted octanol–water partition coefficient (Wildman–Crippen LogP) is 4.08. The number of nitrogens with zero attached hydrogens (tertiary/aromatic N) is 6. The Hall–Kier alpha value is -3.81. The van der Waals surface area contributed by atoms with Crippen molar-refractivity contribution < 1.29 is 4.79 Å². The van der Waals surface area contributed by atoms with Crippen LogP contribution in [0.2, 0.25) is 0 Å². The van der Waals surface area contributed by atoms with Crippen molar-refractivity contribution in [2.24, 2.45) is 0 Å². The zero-order valence-electron chi connectivity index (χ0n) is 19.4. The third-order valence-electron chi connectivity index (χ3n) is 5.59. The molecule has 0 unspecified atom stereocenters. The van der Waals surface area contributed by atoms with Crippen molar-refractivity contribution in [2.45, 2.75) is 52.5 Å². The molecular weight excluding hydrogens is 416 g/mol. The van der Waals surface area contributed by atoms with Gasteiger partial charge in [0.25, 0.3) is 0 Å². The van der Waals surface area contributed by atoms with Gasteiger partial charge < -0.3 is 0 Å². The average Bonchev–Trinajstić information content (AvgIpc) is 3.43. The van der Waals surface area contributed by atoms with Crippen molar-refractivity contribution in [3.05, 3.63) is 82.8 Å². The van der Waals surface area contributed by atoms with Crippen LogP contribution in [-0.2, 0) is 12.0 Å². The highest BCUT2D eigenvalue weighted by Gasteiger charge is 2.24. The Morgan fingerprint density at radius 2 is 1.76 bits per heavy atom. The summed E-state index contributed by atoms with van der Waals surface area (Å²) in [5.74, 6) is -0.165. The topological polar surface area (TPSA) is 87.6 Å². The van der Waals surface area contributed by atoms with Crippen LogP contribution in [0.3, 0.4) is 0 Å². The van der Waals surface area contributed by atoms with E-state index >= 15 is 0 Å². The molecule has 0 radical (unpaired) electrons. The summed E-state index contributed by atoms with van der Waals surface area (Å²) in [6.07, 6.45) is 4.33. The largest absolute Gasteiger partial charge is 0.335 e. The van der Waals surface area contributed by atoms with Crippen LogP contribution in [0, 0.1) is 0 Å². The van der Waals surface area contributed by atoms with Crippen molar-refractivity contribution in [3.8, 4) is 16.8 Å². The molecule has 2 aromatic heterocycles. The number of para-hydroxylation sites is 1. The minimum Gasteiger partial charge on any atom is -0.291 e. The van der Waals surface area contributed by atoms with Crippen molar-refractivity contribution in [3.63, 3.8) is 0 Å². The van der Waals surface area contributed by atoms with Gasteiger partial charge in [0.15, 0.2) is 0 Å². The van der Waals surface area contributed by atoms with E-state index in [1.807, 2.05) is 76.2 Å². The van der Waals surface area contributed by atoms with Crippen LogP contribution in [-0.4, -0.2) is 35.2 Å². The fraction of sp³-hybridized carbons (Fsp3) is 0.320. The highest BCUT2D eigenvalue weighted by Crippen LogP contribution is 2.27. The Kier molecular flexibility index (Phi) is 6.09. The molecule has 0 bridgehead atoms. The molecule has 0 spiro atoms. The lowest BCUT2D eigenvalue weighted by Crippen LogP contribution is -2.30. The Labute approximate surface area is 192 Å². The van der Waals surface area contributed by atoms with Gasteiger partial charge in [-0.2, -0.15) is 4.68 Å². The number of imidazole rings is 1. The summed E-state index contributed by atoms with van der Waals surface area (Å²) in [4.78, 5) is 25.6. The fourth-order valence-corrected chi connectivity index (χ4v) is 3.91. The van der Waals surface area contributed by atoms with Crippen molar-refractivity contribution in [2.75, 3.05) is 0 Å². The predicted molar refractivity (Wildman–Crippen MR) is 127 cm³/mol. The van der Waals surface area contributed by atoms with E-state index in [1.54, 1.807) is 21.8 Å². The van der Waals surface area contributed by atoms with Crippen LogP contribution < -0.4 is 5.69 Å². The molecule has 4 aromatic rings. The summed E-state index contributed by atoms with van der Waals surface area (Å²) in [5.41, 5.74) is 4.15. The molecule has 0 atom stereocenters. The number of carbonyl (C=O) groups is 1. The fourth-order valence-electron chi connectivity index (χ4n) is 3.91. The maximum atomic E-state index is 13.1. The van der Waals surface area contributed by atoms with Gasteiger partial charge in [-0.15, -0.1) is 5.10 Å². The van der Waals surface area contributed by atoms with E-state index in [-0.39, 0.29) is 17.0 Å². The normalized spacial score (nSPS) is 11.6. The monoisotopic (exact) mass is 444 g/mol. The quantitative estimate of drug-likeness (QED) is 0.447. The third kappa shape index (κ3) is 4.55. The lowest BCUT2D eigenvalue weighted by molar-refractivity contribution is 0.0897. The molecule has 4 rings (SSSR count). The first-order valence-electron chi connectivity index (χ1n) is 11.1. The first-order chi connectivity index (χ1) is 15.8. The van der Waals surface area contributed by atoms with Crippen LogP contribution >= 0.6 is 0 Å². The second kappa shape index (κ2) is 8.97. The minimum atomic E-state index is -0.286. The second-order valence-electron chi connectivity index (χ2n) is 9.12. The SMILES string of the molecule is CCCC(=O)n1cc(C(C)(C)C)n(Cc2ccc(-c3ccccc3-n3cnnn3)cc2)c1=O. The van der Waals surface area contributed by atoms with Crippen molar-refractivity contribution in [1.29, 1.82) is 0 Å². The van der Waals surface area contributed by atoms with E-state index in [9.17, 15) is 9.59 Å². The molecule has 0 N–H and O–H groups in total. The molecule has 0 aliphatic carbocycles. The Bertz CT molecular complexity index is 1310. The minimum absolute atomic E-state index is 0.165. The van der Waals surface area contributed by atoms with E-state index in [0.717, 1.165) is 28.1 Å². The molecule has 170 valence electrons. The van der Waals surface area contributed by atoms with Gasteiger partial charge in [-0.3, -0.25) is 9.36 Å². The molecule has 2 heterocycles. The van der Waals surface area contributed by atoms with E-state index in [2.05, 4.69) is 15.5 Å². The maximum absolute atomic E-state index is 13.1. The lowest BCUT2D eigenvalue weighted by atomic mass is 9.92. The number of hydrogen-bond acceptors (Lipinski definition) is 5. The number of aromatic nitrogens is 6. The molecule has 33 heavy (non-hydrogen) atoms. The van der Waals surface area contributed by atoms with Crippen LogP contribution in [0.4, 0.5) is 0 Å². The summed E-state index contributed by atoms with van der Waals surface area (Å²) in [6.45, 7) is 8.47. The van der Waals surface area contributed by atoms with Gasteiger partial charge in [-0.25, -0.2) is 9.36 Å². The highest BCUT2D eigenvalue weighted by atomic mass is 16.2. The van der Waals surface area contributed by atoms with E-state index < -0.39 is 0 Å². The van der Waals surface area contributed by atoms with Crippen LogP contribution in [0.5, 0.6) is 0 Å². The van der Waals surface area contributed by atoms with Gasteiger partial charge >= 0.3 is 5.69 Å². The van der Waals surface area contributed by atoms with E-state index in [0.29, 0.717) is 19.4 Å². The first kappa shape index (κ1) is 22.4. The number of tetrazole rings is 1. The molecule has 0 amide bonds. The lowest BCUT2D eigenvalue weighted by Gasteiger charge is -2.20. The van der Waals surface area contributed by atoms with Gasteiger partial charge in [0, 0.05) is 29.3 Å². The van der Waals surface area contributed by atoms with E-state index in [4.69, 9.17) is 0 Å². The molecule has 0 saturated heterocycles. The number of benzene rings is 2. The van der Waals surface area contributed by atoms with Gasteiger partial charge in [0.2, 0.25) is 5.91 Å². The second-order valence-corrected chi connectivity index (χ2v) is 9.12. The van der Waals surface area contributed by atoms with Gasteiger partial charge in [0.1, 0.15) is 6.33 Å². The van der Waals surface area contributed by atoms with Crippen LogP contribution in [0.25, 0.3) is 16.8 Å². The Morgan fingerprint density at radius 3 is 2.39 bits per heavy atom. The average molecular weight is 445 g/mol. The molecule has 2 aromatic carbocycles. The van der Waals surface area contributed by atoms with Gasteiger partial charge in [0.05, 0.1) is 12.2 Å². The molecule has 0 fully saturated rings. The molecule has 0 saturated carbocycles. The molecule has 8 nitrogen and oxygen atoms in total. The molecule has 0 aliphatic heterocycles. The zero-order chi connectivity index (χ0) is 23.6. The molecule has 0 aliphatic rings. The summed E-state index contributed by atoms with van der Waals surface area (Å²) >= 11 is 0. The third-order valence-corrected chi connectivity index (χ3v) is 5.59. The van der Waals surface area contributed by atoms with Gasteiger partial charge in [-0.1, -0.05) is 70.2 Å². The summed E-state index contributed by atoms with van der Waals surface area (Å²) in [6, 6.07) is 16.0. The number of rotatable bonds is 6. The molecule has 8 heteroatoms. The van der Waals surface area contributed by atoms with Crippen LogP contribution in [0.15, 0.2) is 65.8 Å². The van der Waals surface area contributed by atoms with Crippen LogP contribution in [0.1, 0.15) is 56.6 Å². The number of hydrogen-bond donors (Lipinski definition) is 0. The van der Waals surface area contributed by atoms with Crippen molar-refractivity contribution in [1.82, 2.24) is 29.3 Å². The number of carbonyl (C=O) groups excluding carboxylic acids is 1. The summed E-state index contributed by atoms with van der Waals surface area (Å²) in [5, 5.41) is 11.5. The maximum Gasteiger partial charge on any atom is 0.335 e. The van der Waals surface area contributed by atoms with E-state index in [1.165, 1.54) is 4.57 Å².